The fourth-order valence-corrected chi connectivity index (χ4v) is 1.77. The maximum Gasteiger partial charge on any atom is 0.416 e. The summed E-state index contributed by atoms with van der Waals surface area (Å²) in [5.41, 5.74) is -0.919. The van der Waals surface area contributed by atoms with Gasteiger partial charge in [-0.1, -0.05) is 0 Å². The molecule has 0 aliphatic rings. The lowest BCUT2D eigenvalue weighted by molar-refractivity contribution is -0.137. The van der Waals surface area contributed by atoms with Crippen molar-refractivity contribution in [2.24, 2.45) is 0 Å². The fraction of sp³-hybridized carbons (Fsp3) is 0.0909. The molecule has 0 atom stereocenters. The van der Waals surface area contributed by atoms with Crippen LogP contribution in [0.15, 0.2) is 33.7 Å². The molecule has 0 bridgehead atoms. The van der Waals surface area contributed by atoms with Crippen LogP contribution < -0.4 is 5.56 Å². The largest absolute Gasteiger partial charge is 0.416 e. The van der Waals surface area contributed by atoms with E-state index in [9.17, 15) is 18.0 Å². The Morgan fingerprint density at radius 1 is 1.22 bits per heavy atom. The van der Waals surface area contributed by atoms with Crippen molar-refractivity contribution in [2.45, 2.75) is 6.18 Å². The molecule has 7 heteroatoms. The highest BCUT2D eigenvalue weighted by molar-refractivity contribution is 6.01. The van der Waals surface area contributed by atoms with E-state index in [0.717, 1.165) is 12.1 Å². The number of hydrogen-bond donors (Lipinski definition) is 1. The van der Waals surface area contributed by atoms with E-state index in [2.05, 4.69) is 10.1 Å². The van der Waals surface area contributed by atoms with E-state index >= 15 is 0 Å². The number of nitrogens with one attached hydrogen (secondary N) is 1. The molecular formula is C11H5F3N2O2. The molecule has 0 aliphatic heterocycles. The number of pyridine rings is 1. The summed E-state index contributed by atoms with van der Waals surface area (Å²) < 4.78 is 42.5. The summed E-state index contributed by atoms with van der Waals surface area (Å²) in [5.74, 6) is 0. The Morgan fingerprint density at radius 2 is 2.00 bits per heavy atom. The van der Waals surface area contributed by atoms with Crippen LogP contribution in [0.25, 0.3) is 21.9 Å². The minimum absolute atomic E-state index is 0.125. The van der Waals surface area contributed by atoms with Gasteiger partial charge < -0.3 is 4.52 Å². The zero-order chi connectivity index (χ0) is 12.9. The SMILES string of the molecule is O=c1[nH]oc2c1cnc1cc(C(F)(F)F)ccc12. The Hall–Kier alpha value is -2.31. The molecule has 4 nitrogen and oxygen atoms in total. The van der Waals surface area contributed by atoms with Gasteiger partial charge in [0.25, 0.3) is 5.56 Å². The van der Waals surface area contributed by atoms with Gasteiger partial charge in [0.1, 0.15) is 5.39 Å². The molecule has 0 spiro atoms. The number of H-pyrrole nitrogens is 1. The van der Waals surface area contributed by atoms with Gasteiger partial charge in [0.15, 0.2) is 5.58 Å². The summed E-state index contributed by atoms with van der Waals surface area (Å²) in [7, 11) is 0. The molecule has 18 heavy (non-hydrogen) atoms. The van der Waals surface area contributed by atoms with Gasteiger partial charge in [-0.25, -0.2) is 0 Å². The summed E-state index contributed by atoms with van der Waals surface area (Å²) >= 11 is 0. The van der Waals surface area contributed by atoms with E-state index in [0.29, 0.717) is 5.39 Å². The van der Waals surface area contributed by atoms with Crippen LogP contribution in [0, 0.1) is 0 Å². The molecule has 0 amide bonds. The van der Waals surface area contributed by atoms with Gasteiger partial charge in [0, 0.05) is 11.6 Å². The van der Waals surface area contributed by atoms with Crippen molar-refractivity contribution in [3.05, 3.63) is 40.3 Å². The second-order valence-electron chi connectivity index (χ2n) is 3.76. The number of hydrogen-bond acceptors (Lipinski definition) is 3. The van der Waals surface area contributed by atoms with Crippen molar-refractivity contribution in [1.29, 1.82) is 0 Å². The number of aromatic amines is 1. The van der Waals surface area contributed by atoms with Crippen LogP contribution >= 0.6 is 0 Å². The summed E-state index contributed by atoms with van der Waals surface area (Å²) in [6, 6.07) is 3.09. The maximum absolute atomic E-state index is 12.5. The van der Waals surface area contributed by atoms with E-state index in [1.807, 2.05) is 0 Å². The molecule has 0 fully saturated rings. The lowest BCUT2D eigenvalue weighted by Gasteiger charge is -2.06. The number of alkyl halides is 3. The van der Waals surface area contributed by atoms with Crippen LogP contribution in [-0.4, -0.2) is 10.1 Å². The maximum atomic E-state index is 12.5. The van der Waals surface area contributed by atoms with Crippen LogP contribution in [0.2, 0.25) is 0 Å². The molecule has 0 unspecified atom stereocenters. The average Bonchev–Trinajstić information content (AvgIpc) is 2.69. The Balaban J connectivity index is 2.38. The Morgan fingerprint density at radius 3 is 2.72 bits per heavy atom. The zero-order valence-electron chi connectivity index (χ0n) is 8.71. The third kappa shape index (κ3) is 1.47. The molecule has 3 aromatic rings. The molecule has 92 valence electrons. The summed E-state index contributed by atoms with van der Waals surface area (Å²) in [5, 5.41) is 2.69. The normalized spacial score (nSPS) is 12.4. The third-order valence-corrected chi connectivity index (χ3v) is 2.64. The Bertz CT molecular complexity index is 801. The van der Waals surface area contributed by atoms with Gasteiger partial charge in [-0.05, 0) is 18.2 Å². The minimum Gasteiger partial charge on any atom is -0.378 e. The van der Waals surface area contributed by atoms with Crippen molar-refractivity contribution in [1.82, 2.24) is 10.1 Å². The zero-order valence-corrected chi connectivity index (χ0v) is 8.71. The smallest absolute Gasteiger partial charge is 0.378 e. The fourth-order valence-electron chi connectivity index (χ4n) is 1.77. The molecular weight excluding hydrogens is 249 g/mol. The quantitative estimate of drug-likeness (QED) is 0.671. The molecule has 1 N–H and O–H groups in total. The second kappa shape index (κ2) is 3.34. The molecule has 3 rings (SSSR count). The highest BCUT2D eigenvalue weighted by Gasteiger charge is 2.30. The lowest BCUT2D eigenvalue weighted by Crippen LogP contribution is -2.04. The van der Waals surface area contributed by atoms with Gasteiger partial charge in [-0.3, -0.25) is 9.78 Å². The topological polar surface area (TPSA) is 58.9 Å². The number of fused-ring (bicyclic) bond motifs is 3. The van der Waals surface area contributed by atoms with Gasteiger partial charge in [0.2, 0.25) is 0 Å². The summed E-state index contributed by atoms with van der Waals surface area (Å²) in [6.07, 6.45) is -3.23. The molecule has 0 saturated heterocycles. The predicted molar refractivity (Wildman–Crippen MR) is 57.1 cm³/mol. The monoisotopic (exact) mass is 254 g/mol. The first-order chi connectivity index (χ1) is 8.47. The van der Waals surface area contributed by atoms with Crippen LogP contribution in [-0.2, 0) is 6.18 Å². The van der Waals surface area contributed by atoms with Crippen LogP contribution in [0.3, 0.4) is 0 Å². The third-order valence-electron chi connectivity index (χ3n) is 2.64. The van der Waals surface area contributed by atoms with Crippen LogP contribution in [0.4, 0.5) is 13.2 Å². The number of rotatable bonds is 0. The molecule has 0 aliphatic carbocycles. The van der Waals surface area contributed by atoms with Crippen molar-refractivity contribution in [2.75, 3.05) is 0 Å². The van der Waals surface area contributed by atoms with Gasteiger partial charge in [0.05, 0.1) is 11.1 Å². The Kier molecular flexibility index (Phi) is 2.01. The number of aromatic nitrogens is 2. The molecule has 2 aromatic heterocycles. The minimum atomic E-state index is -4.43. The highest BCUT2D eigenvalue weighted by atomic mass is 19.4. The van der Waals surface area contributed by atoms with Crippen molar-refractivity contribution >= 4 is 21.9 Å². The van der Waals surface area contributed by atoms with E-state index in [1.165, 1.54) is 12.3 Å². The first-order valence-corrected chi connectivity index (χ1v) is 4.94. The molecule has 0 radical (unpaired) electrons. The van der Waals surface area contributed by atoms with E-state index < -0.39 is 17.3 Å². The van der Waals surface area contributed by atoms with Crippen LogP contribution in [0.5, 0.6) is 0 Å². The van der Waals surface area contributed by atoms with Crippen molar-refractivity contribution < 1.29 is 17.7 Å². The van der Waals surface area contributed by atoms with E-state index in [1.54, 1.807) is 0 Å². The van der Waals surface area contributed by atoms with E-state index in [-0.39, 0.29) is 16.5 Å². The number of nitrogens with zero attached hydrogens (tertiary/aromatic N) is 1. The van der Waals surface area contributed by atoms with Gasteiger partial charge in [-0.15, -0.1) is 0 Å². The van der Waals surface area contributed by atoms with Crippen molar-refractivity contribution in [3.8, 4) is 0 Å². The lowest BCUT2D eigenvalue weighted by atomic mass is 10.1. The van der Waals surface area contributed by atoms with Gasteiger partial charge >= 0.3 is 6.18 Å². The Labute approximate surface area is 97.0 Å². The predicted octanol–water partition coefficient (Wildman–Crippen LogP) is 2.69. The number of halogens is 3. The summed E-state index contributed by atoms with van der Waals surface area (Å²) in [4.78, 5) is 15.1. The first kappa shape index (κ1) is 10.8. The molecule has 0 saturated carbocycles. The van der Waals surface area contributed by atoms with Crippen LogP contribution in [0.1, 0.15) is 5.56 Å². The van der Waals surface area contributed by atoms with E-state index in [4.69, 9.17) is 4.52 Å². The summed E-state index contributed by atoms with van der Waals surface area (Å²) in [6.45, 7) is 0. The highest BCUT2D eigenvalue weighted by Crippen LogP contribution is 2.32. The molecule has 1 aromatic carbocycles. The standard InChI is InChI=1S/C11H5F3N2O2/c12-11(13,14)5-1-2-6-8(3-5)15-4-7-9(6)18-16-10(7)17/h1-4H,(H,16,17). The average molecular weight is 254 g/mol. The first-order valence-electron chi connectivity index (χ1n) is 4.94. The molecule has 2 heterocycles. The number of benzene rings is 1. The van der Waals surface area contributed by atoms with Crippen molar-refractivity contribution in [3.63, 3.8) is 0 Å². The van der Waals surface area contributed by atoms with Gasteiger partial charge in [-0.2, -0.15) is 18.3 Å². The second-order valence-corrected chi connectivity index (χ2v) is 3.76.